The Morgan fingerprint density at radius 1 is 1.24 bits per heavy atom. The Labute approximate surface area is 111 Å². The van der Waals surface area contributed by atoms with Crippen LogP contribution >= 0.6 is 22.9 Å². The molecule has 0 radical (unpaired) electrons. The van der Waals surface area contributed by atoms with Gasteiger partial charge in [-0.2, -0.15) is 0 Å². The molecule has 1 unspecified atom stereocenters. The fourth-order valence-electron chi connectivity index (χ4n) is 1.90. The van der Waals surface area contributed by atoms with Crippen molar-refractivity contribution in [2.75, 3.05) is 6.54 Å². The molecular weight excluding hydrogens is 250 g/mol. The van der Waals surface area contributed by atoms with E-state index in [0.29, 0.717) is 0 Å². The van der Waals surface area contributed by atoms with Crippen molar-refractivity contribution in [1.82, 2.24) is 5.32 Å². The molecule has 90 valence electrons. The van der Waals surface area contributed by atoms with Crippen LogP contribution in [0, 0.1) is 6.92 Å². The van der Waals surface area contributed by atoms with Crippen LogP contribution in [-0.2, 0) is 0 Å². The molecule has 0 bridgehead atoms. The van der Waals surface area contributed by atoms with E-state index in [1.807, 2.05) is 12.1 Å². The van der Waals surface area contributed by atoms with Crippen LogP contribution in [0.3, 0.4) is 0 Å². The topological polar surface area (TPSA) is 12.0 Å². The normalized spacial score (nSPS) is 12.6. The summed E-state index contributed by atoms with van der Waals surface area (Å²) in [4.78, 5) is 1.38. The molecule has 3 heteroatoms. The Hall–Kier alpha value is -0.830. The highest BCUT2D eigenvalue weighted by molar-refractivity contribution is 7.10. The van der Waals surface area contributed by atoms with Gasteiger partial charge in [0.05, 0.1) is 6.04 Å². The van der Waals surface area contributed by atoms with E-state index in [4.69, 9.17) is 11.6 Å². The van der Waals surface area contributed by atoms with Crippen molar-refractivity contribution in [3.05, 3.63) is 56.7 Å². The van der Waals surface area contributed by atoms with E-state index in [1.54, 1.807) is 11.3 Å². The second kappa shape index (κ2) is 5.67. The van der Waals surface area contributed by atoms with Crippen LogP contribution in [0.5, 0.6) is 0 Å². The van der Waals surface area contributed by atoms with Crippen molar-refractivity contribution in [2.45, 2.75) is 19.9 Å². The molecule has 17 heavy (non-hydrogen) atoms. The first-order chi connectivity index (χ1) is 8.22. The van der Waals surface area contributed by atoms with Gasteiger partial charge in [0.15, 0.2) is 0 Å². The Morgan fingerprint density at radius 3 is 2.47 bits per heavy atom. The van der Waals surface area contributed by atoms with Gasteiger partial charge in [0.1, 0.15) is 0 Å². The molecule has 1 aromatic carbocycles. The van der Waals surface area contributed by atoms with E-state index in [2.05, 4.69) is 42.7 Å². The molecule has 2 aromatic rings. The summed E-state index contributed by atoms with van der Waals surface area (Å²) in [6.45, 7) is 5.24. The Morgan fingerprint density at radius 2 is 1.94 bits per heavy atom. The number of hydrogen-bond donors (Lipinski definition) is 1. The number of hydrogen-bond acceptors (Lipinski definition) is 2. The van der Waals surface area contributed by atoms with E-state index < -0.39 is 0 Å². The molecule has 0 aliphatic rings. The number of aryl methyl sites for hydroxylation is 1. The summed E-state index contributed by atoms with van der Waals surface area (Å²) >= 11 is 7.73. The minimum Gasteiger partial charge on any atom is -0.306 e. The molecule has 0 spiro atoms. The second-order valence-electron chi connectivity index (χ2n) is 4.01. The van der Waals surface area contributed by atoms with Gasteiger partial charge in [-0.1, -0.05) is 30.7 Å². The predicted octanol–water partition coefficient (Wildman–Crippen LogP) is 4.41. The Bertz CT molecular complexity index is 475. The summed E-state index contributed by atoms with van der Waals surface area (Å²) < 4.78 is 0. The van der Waals surface area contributed by atoms with Crippen LogP contribution in [0.25, 0.3) is 0 Å². The highest BCUT2D eigenvalue weighted by Gasteiger charge is 2.15. The van der Waals surface area contributed by atoms with Gasteiger partial charge in [-0.05, 0) is 48.2 Å². The van der Waals surface area contributed by atoms with Crippen LogP contribution in [0.4, 0.5) is 0 Å². The number of thiophene rings is 1. The SMILES string of the molecule is CCNC(c1ccc(Cl)cc1)c1sccc1C. The molecule has 2 rings (SSSR count). The first-order valence-electron chi connectivity index (χ1n) is 5.75. The van der Waals surface area contributed by atoms with Gasteiger partial charge < -0.3 is 5.32 Å². The molecular formula is C14H16ClNS. The molecule has 0 aliphatic heterocycles. The minimum atomic E-state index is 0.275. The quantitative estimate of drug-likeness (QED) is 0.864. The van der Waals surface area contributed by atoms with Crippen LogP contribution in [0.1, 0.15) is 29.0 Å². The van der Waals surface area contributed by atoms with E-state index in [1.165, 1.54) is 16.0 Å². The van der Waals surface area contributed by atoms with Gasteiger partial charge in [-0.25, -0.2) is 0 Å². The first-order valence-corrected chi connectivity index (χ1v) is 7.01. The van der Waals surface area contributed by atoms with Crippen molar-refractivity contribution < 1.29 is 0 Å². The molecule has 0 amide bonds. The van der Waals surface area contributed by atoms with Gasteiger partial charge in [0, 0.05) is 9.90 Å². The average Bonchev–Trinajstić information content (AvgIpc) is 2.74. The average molecular weight is 266 g/mol. The third kappa shape index (κ3) is 2.89. The van der Waals surface area contributed by atoms with Gasteiger partial charge in [0.2, 0.25) is 0 Å². The fourth-order valence-corrected chi connectivity index (χ4v) is 3.06. The zero-order valence-corrected chi connectivity index (χ0v) is 11.6. The van der Waals surface area contributed by atoms with Crippen molar-refractivity contribution in [1.29, 1.82) is 0 Å². The highest BCUT2D eigenvalue weighted by Crippen LogP contribution is 2.29. The fraction of sp³-hybridized carbons (Fsp3) is 0.286. The van der Waals surface area contributed by atoms with Crippen molar-refractivity contribution in [2.24, 2.45) is 0 Å². The second-order valence-corrected chi connectivity index (χ2v) is 5.39. The largest absolute Gasteiger partial charge is 0.306 e. The summed E-state index contributed by atoms with van der Waals surface area (Å²) in [5, 5.41) is 6.46. The number of nitrogens with one attached hydrogen (secondary N) is 1. The maximum atomic E-state index is 5.93. The lowest BCUT2D eigenvalue weighted by Gasteiger charge is -2.18. The standard InChI is InChI=1S/C14H16ClNS/c1-3-16-13(14-10(2)8-9-17-14)11-4-6-12(15)7-5-11/h4-9,13,16H,3H2,1-2H3. The van der Waals surface area contributed by atoms with Crippen molar-refractivity contribution in [3.8, 4) is 0 Å². The lowest BCUT2D eigenvalue weighted by molar-refractivity contribution is 0.637. The molecule has 0 aliphatic carbocycles. The van der Waals surface area contributed by atoms with E-state index in [0.717, 1.165) is 11.6 Å². The zero-order valence-electron chi connectivity index (χ0n) is 10.0. The van der Waals surface area contributed by atoms with Crippen molar-refractivity contribution >= 4 is 22.9 Å². The summed E-state index contributed by atoms with van der Waals surface area (Å²) in [7, 11) is 0. The van der Waals surface area contributed by atoms with Crippen LogP contribution in [0.2, 0.25) is 5.02 Å². The zero-order chi connectivity index (χ0) is 12.3. The molecule has 0 saturated carbocycles. The molecule has 0 saturated heterocycles. The van der Waals surface area contributed by atoms with Gasteiger partial charge in [-0.15, -0.1) is 11.3 Å². The van der Waals surface area contributed by atoms with Gasteiger partial charge in [0.25, 0.3) is 0 Å². The summed E-state index contributed by atoms with van der Waals surface area (Å²) in [6, 6.07) is 10.5. The van der Waals surface area contributed by atoms with Crippen LogP contribution in [0.15, 0.2) is 35.7 Å². The number of benzene rings is 1. The monoisotopic (exact) mass is 265 g/mol. The lowest BCUT2D eigenvalue weighted by atomic mass is 10.0. The van der Waals surface area contributed by atoms with E-state index in [9.17, 15) is 0 Å². The molecule has 1 atom stereocenters. The highest BCUT2D eigenvalue weighted by atomic mass is 35.5. The predicted molar refractivity (Wildman–Crippen MR) is 76.0 cm³/mol. The maximum Gasteiger partial charge on any atom is 0.0673 e. The summed E-state index contributed by atoms with van der Waals surface area (Å²) in [5.41, 5.74) is 2.61. The number of rotatable bonds is 4. The third-order valence-corrected chi connectivity index (χ3v) is 4.11. The number of halogens is 1. The molecule has 1 N–H and O–H groups in total. The van der Waals surface area contributed by atoms with Crippen LogP contribution in [-0.4, -0.2) is 6.54 Å². The third-order valence-electron chi connectivity index (χ3n) is 2.78. The smallest absolute Gasteiger partial charge is 0.0673 e. The van der Waals surface area contributed by atoms with Crippen molar-refractivity contribution in [3.63, 3.8) is 0 Å². The lowest BCUT2D eigenvalue weighted by Crippen LogP contribution is -2.21. The van der Waals surface area contributed by atoms with Crippen LogP contribution < -0.4 is 5.32 Å². The Kier molecular flexibility index (Phi) is 4.21. The Balaban J connectivity index is 2.35. The molecule has 1 nitrogen and oxygen atoms in total. The first kappa shape index (κ1) is 12.6. The molecule has 1 heterocycles. The minimum absolute atomic E-state index is 0.275. The van der Waals surface area contributed by atoms with E-state index >= 15 is 0 Å². The van der Waals surface area contributed by atoms with Gasteiger partial charge >= 0.3 is 0 Å². The molecule has 0 fully saturated rings. The summed E-state index contributed by atoms with van der Waals surface area (Å²) in [5.74, 6) is 0. The maximum absolute atomic E-state index is 5.93. The molecule has 1 aromatic heterocycles. The van der Waals surface area contributed by atoms with E-state index in [-0.39, 0.29) is 6.04 Å². The van der Waals surface area contributed by atoms with Gasteiger partial charge in [-0.3, -0.25) is 0 Å². The summed E-state index contributed by atoms with van der Waals surface area (Å²) in [6.07, 6.45) is 0.